The SMILES string of the molecule is CCCOc1nc(N(C)C2CCCC(C)C2)ccc1N. The van der Waals surface area contributed by atoms with Gasteiger partial charge in [-0.25, -0.2) is 0 Å². The molecule has 1 heterocycles. The maximum Gasteiger partial charge on any atom is 0.239 e. The van der Waals surface area contributed by atoms with Crippen molar-refractivity contribution in [2.45, 2.75) is 52.0 Å². The van der Waals surface area contributed by atoms with Gasteiger partial charge in [0.15, 0.2) is 0 Å². The highest BCUT2D eigenvalue weighted by Gasteiger charge is 2.23. The van der Waals surface area contributed by atoms with Crippen molar-refractivity contribution >= 4 is 11.5 Å². The second-order valence-electron chi connectivity index (χ2n) is 5.95. The summed E-state index contributed by atoms with van der Waals surface area (Å²) in [6.45, 7) is 5.08. The van der Waals surface area contributed by atoms with E-state index in [1.54, 1.807) is 0 Å². The Morgan fingerprint density at radius 3 is 2.90 bits per heavy atom. The Morgan fingerprint density at radius 2 is 2.20 bits per heavy atom. The van der Waals surface area contributed by atoms with Gasteiger partial charge >= 0.3 is 0 Å². The fraction of sp³-hybridized carbons (Fsp3) is 0.688. The molecule has 2 atom stereocenters. The summed E-state index contributed by atoms with van der Waals surface area (Å²) in [5.41, 5.74) is 6.54. The van der Waals surface area contributed by atoms with Crippen molar-refractivity contribution in [1.29, 1.82) is 0 Å². The van der Waals surface area contributed by atoms with E-state index in [-0.39, 0.29) is 0 Å². The smallest absolute Gasteiger partial charge is 0.239 e. The quantitative estimate of drug-likeness (QED) is 0.895. The van der Waals surface area contributed by atoms with E-state index in [1.807, 2.05) is 12.1 Å². The van der Waals surface area contributed by atoms with E-state index in [4.69, 9.17) is 10.5 Å². The molecule has 0 spiro atoms. The number of rotatable bonds is 5. The van der Waals surface area contributed by atoms with Gasteiger partial charge in [-0.1, -0.05) is 26.7 Å². The third kappa shape index (κ3) is 3.56. The first-order chi connectivity index (χ1) is 9.61. The van der Waals surface area contributed by atoms with Crippen LogP contribution < -0.4 is 15.4 Å². The summed E-state index contributed by atoms with van der Waals surface area (Å²) >= 11 is 0. The number of nitrogen functional groups attached to an aromatic ring is 1. The lowest BCUT2D eigenvalue weighted by molar-refractivity contribution is 0.306. The molecule has 0 aromatic carbocycles. The van der Waals surface area contributed by atoms with Crippen molar-refractivity contribution in [3.63, 3.8) is 0 Å². The zero-order valence-electron chi connectivity index (χ0n) is 12.9. The maximum atomic E-state index is 5.92. The van der Waals surface area contributed by atoms with Gasteiger partial charge in [0.05, 0.1) is 12.3 Å². The van der Waals surface area contributed by atoms with E-state index in [1.165, 1.54) is 25.7 Å². The molecule has 0 radical (unpaired) electrons. The molecular formula is C16H27N3O. The van der Waals surface area contributed by atoms with E-state index in [9.17, 15) is 0 Å². The van der Waals surface area contributed by atoms with E-state index in [0.717, 1.165) is 18.2 Å². The largest absolute Gasteiger partial charge is 0.476 e. The molecule has 1 aliphatic rings. The molecule has 4 heteroatoms. The molecule has 4 nitrogen and oxygen atoms in total. The highest BCUT2D eigenvalue weighted by Crippen LogP contribution is 2.30. The standard InChI is InChI=1S/C16H27N3O/c1-4-10-20-16-14(17)8-9-15(18-16)19(3)13-7-5-6-12(2)11-13/h8-9,12-13H,4-7,10-11,17H2,1-3H3. The molecule has 0 bridgehead atoms. The topological polar surface area (TPSA) is 51.4 Å². The summed E-state index contributed by atoms with van der Waals surface area (Å²) in [7, 11) is 2.13. The van der Waals surface area contributed by atoms with Crippen molar-refractivity contribution in [2.24, 2.45) is 5.92 Å². The summed E-state index contributed by atoms with van der Waals surface area (Å²) in [6, 6.07) is 4.47. The zero-order valence-corrected chi connectivity index (χ0v) is 12.9. The van der Waals surface area contributed by atoms with Crippen LogP contribution in [0.4, 0.5) is 11.5 Å². The number of aromatic nitrogens is 1. The third-order valence-electron chi connectivity index (χ3n) is 4.14. The highest BCUT2D eigenvalue weighted by molar-refractivity contribution is 5.54. The number of nitrogens with zero attached hydrogens (tertiary/aromatic N) is 2. The Balaban J connectivity index is 2.10. The Hall–Kier alpha value is -1.45. The summed E-state index contributed by atoms with van der Waals surface area (Å²) < 4.78 is 5.62. The van der Waals surface area contributed by atoms with Gasteiger partial charge in [0.1, 0.15) is 5.82 Å². The van der Waals surface area contributed by atoms with Crippen LogP contribution in [-0.4, -0.2) is 24.7 Å². The highest BCUT2D eigenvalue weighted by atomic mass is 16.5. The Bertz CT molecular complexity index is 436. The predicted molar refractivity (Wildman–Crippen MR) is 84.3 cm³/mol. The average Bonchev–Trinajstić information content (AvgIpc) is 2.45. The molecule has 112 valence electrons. The molecular weight excluding hydrogens is 250 g/mol. The summed E-state index contributed by atoms with van der Waals surface area (Å²) in [4.78, 5) is 6.87. The van der Waals surface area contributed by atoms with Crippen LogP contribution in [-0.2, 0) is 0 Å². The summed E-state index contributed by atoms with van der Waals surface area (Å²) in [5.74, 6) is 2.34. The van der Waals surface area contributed by atoms with Gasteiger partial charge in [-0.2, -0.15) is 4.98 Å². The molecule has 1 aromatic rings. The lowest BCUT2D eigenvalue weighted by Gasteiger charge is -2.35. The average molecular weight is 277 g/mol. The fourth-order valence-corrected chi connectivity index (χ4v) is 2.89. The molecule has 1 fully saturated rings. The Kier molecular flexibility index (Phi) is 5.10. The lowest BCUT2D eigenvalue weighted by Crippen LogP contribution is -2.36. The number of hydrogen-bond acceptors (Lipinski definition) is 4. The molecule has 2 N–H and O–H groups in total. The molecule has 0 aliphatic heterocycles. The third-order valence-corrected chi connectivity index (χ3v) is 4.14. The summed E-state index contributed by atoms with van der Waals surface area (Å²) in [5, 5.41) is 0. The van der Waals surface area contributed by atoms with Crippen LogP contribution >= 0.6 is 0 Å². The Labute approximate surface area is 122 Å². The van der Waals surface area contributed by atoms with E-state index >= 15 is 0 Å². The van der Waals surface area contributed by atoms with Gasteiger partial charge in [0, 0.05) is 13.1 Å². The van der Waals surface area contributed by atoms with E-state index in [0.29, 0.717) is 24.2 Å². The van der Waals surface area contributed by atoms with Crippen LogP contribution in [0.15, 0.2) is 12.1 Å². The first kappa shape index (κ1) is 14.9. The monoisotopic (exact) mass is 277 g/mol. The molecule has 2 unspecified atom stereocenters. The molecule has 20 heavy (non-hydrogen) atoms. The molecule has 1 aliphatic carbocycles. The van der Waals surface area contributed by atoms with Crippen molar-refractivity contribution in [1.82, 2.24) is 4.98 Å². The van der Waals surface area contributed by atoms with Crippen LogP contribution in [0.25, 0.3) is 0 Å². The van der Waals surface area contributed by atoms with E-state index in [2.05, 4.69) is 30.8 Å². The fourth-order valence-electron chi connectivity index (χ4n) is 2.89. The van der Waals surface area contributed by atoms with Crippen LogP contribution in [0.3, 0.4) is 0 Å². The molecule has 0 saturated heterocycles. The minimum Gasteiger partial charge on any atom is -0.476 e. The van der Waals surface area contributed by atoms with Crippen molar-refractivity contribution in [3.05, 3.63) is 12.1 Å². The lowest BCUT2D eigenvalue weighted by atomic mass is 9.86. The number of ether oxygens (including phenoxy) is 1. The minimum atomic E-state index is 0.569. The van der Waals surface area contributed by atoms with Gasteiger partial charge < -0.3 is 15.4 Å². The zero-order chi connectivity index (χ0) is 14.5. The minimum absolute atomic E-state index is 0.569. The first-order valence-corrected chi connectivity index (χ1v) is 7.74. The van der Waals surface area contributed by atoms with Gasteiger partial charge in [0.2, 0.25) is 5.88 Å². The Morgan fingerprint density at radius 1 is 1.40 bits per heavy atom. The maximum absolute atomic E-state index is 5.92. The van der Waals surface area contributed by atoms with Gasteiger partial charge in [-0.3, -0.25) is 0 Å². The van der Waals surface area contributed by atoms with Gasteiger partial charge in [-0.15, -0.1) is 0 Å². The second-order valence-corrected chi connectivity index (χ2v) is 5.95. The first-order valence-electron chi connectivity index (χ1n) is 7.74. The number of hydrogen-bond donors (Lipinski definition) is 1. The predicted octanol–water partition coefficient (Wildman–Crippen LogP) is 3.47. The van der Waals surface area contributed by atoms with Gasteiger partial charge in [0.25, 0.3) is 0 Å². The molecule has 1 saturated carbocycles. The second kappa shape index (κ2) is 6.82. The number of nitrogens with two attached hydrogens (primary N) is 1. The van der Waals surface area contributed by atoms with Crippen molar-refractivity contribution < 1.29 is 4.74 Å². The van der Waals surface area contributed by atoms with Crippen LogP contribution in [0, 0.1) is 5.92 Å². The van der Waals surface area contributed by atoms with E-state index < -0.39 is 0 Å². The molecule has 2 rings (SSSR count). The van der Waals surface area contributed by atoms with Gasteiger partial charge in [-0.05, 0) is 37.3 Å². The molecule has 0 amide bonds. The number of pyridine rings is 1. The van der Waals surface area contributed by atoms with Crippen molar-refractivity contribution in [2.75, 3.05) is 24.3 Å². The summed E-state index contributed by atoms with van der Waals surface area (Å²) in [6.07, 6.45) is 6.11. The van der Waals surface area contributed by atoms with Crippen LogP contribution in [0.2, 0.25) is 0 Å². The van der Waals surface area contributed by atoms with Crippen molar-refractivity contribution in [3.8, 4) is 5.88 Å². The molecule has 1 aromatic heterocycles. The van der Waals surface area contributed by atoms with Crippen LogP contribution in [0.5, 0.6) is 5.88 Å². The van der Waals surface area contributed by atoms with Crippen LogP contribution in [0.1, 0.15) is 46.0 Å². The normalized spacial score (nSPS) is 22.6. The number of anilines is 2.